The van der Waals surface area contributed by atoms with Crippen molar-refractivity contribution in [2.45, 2.75) is 6.04 Å². The summed E-state index contributed by atoms with van der Waals surface area (Å²) in [5.74, 6) is 0. The van der Waals surface area contributed by atoms with E-state index in [1.165, 1.54) is 4.90 Å². The first-order valence-electron chi connectivity index (χ1n) is 4.30. The van der Waals surface area contributed by atoms with Crippen LogP contribution in [0.2, 0.25) is 0 Å². The van der Waals surface area contributed by atoms with Crippen LogP contribution < -0.4 is 0 Å². The van der Waals surface area contributed by atoms with Gasteiger partial charge in [-0.1, -0.05) is 36.8 Å². The first kappa shape index (κ1) is 8.64. The molecule has 1 aliphatic heterocycles. The van der Waals surface area contributed by atoms with Crippen LogP contribution in [0.5, 0.6) is 0 Å². The maximum atomic E-state index is 11.2. The van der Waals surface area contributed by atoms with Crippen LogP contribution in [0.4, 0.5) is 4.79 Å². The van der Waals surface area contributed by atoms with Crippen LogP contribution in [-0.2, 0) is 4.74 Å². The van der Waals surface area contributed by atoms with E-state index in [9.17, 15) is 4.79 Å². The third kappa shape index (κ3) is 1.31. The van der Waals surface area contributed by atoms with Crippen molar-refractivity contribution in [1.82, 2.24) is 4.90 Å². The summed E-state index contributed by atoms with van der Waals surface area (Å²) in [5, 5.41) is 0. The zero-order valence-electron chi connectivity index (χ0n) is 7.51. The normalized spacial score (nSPS) is 20.4. The maximum absolute atomic E-state index is 11.2. The Morgan fingerprint density at radius 2 is 2.14 bits per heavy atom. The van der Waals surface area contributed by atoms with Gasteiger partial charge in [0.25, 0.3) is 0 Å². The number of cyclic esters (lactones) is 1. The summed E-state index contributed by atoms with van der Waals surface area (Å²) >= 11 is 0. The molecule has 14 heavy (non-hydrogen) atoms. The highest BCUT2D eigenvalue weighted by Gasteiger charge is 2.32. The number of hydrogen-bond donors (Lipinski definition) is 0. The number of amides is 1. The number of ether oxygens (including phenoxy) is 1. The lowest BCUT2D eigenvalue weighted by molar-refractivity contribution is 0.167. The molecule has 0 unspecified atom stereocenters. The topological polar surface area (TPSA) is 29.5 Å². The standard InChI is InChI=1S/C11H9NO2/c1-2-12-10(8-14-11(12)13)9-6-4-3-5-7-9/h1,3-7,10H,8H2/t10-/m0/s1. The van der Waals surface area contributed by atoms with E-state index in [2.05, 4.69) is 6.04 Å². The van der Waals surface area contributed by atoms with Gasteiger partial charge >= 0.3 is 6.09 Å². The Kier molecular flexibility index (Phi) is 2.11. The molecule has 0 radical (unpaired) electrons. The van der Waals surface area contributed by atoms with Gasteiger partial charge in [0.05, 0.1) is 0 Å². The van der Waals surface area contributed by atoms with Crippen molar-refractivity contribution < 1.29 is 9.53 Å². The molecule has 1 aromatic rings. The Labute approximate surface area is 82.3 Å². The van der Waals surface area contributed by atoms with Gasteiger partial charge in [0.2, 0.25) is 0 Å². The molecule has 3 heteroatoms. The highest BCUT2D eigenvalue weighted by Crippen LogP contribution is 2.26. The van der Waals surface area contributed by atoms with Gasteiger partial charge in [-0.3, -0.25) is 0 Å². The number of nitrogens with zero attached hydrogens (tertiary/aromatic N) is 1. The number of terminal acetylenes is 1. The smallest absolute Gasteiger partial charge is 0.422 e. The van der Waals surface area contributed by atoms with E-state index in [1.807, 2.05) is 30.3 Å². The van der Waals surface area contributed by atoms with Crippen molar-refractivity contribution in [2.24, 2.45) is 0 Å². The molecule has 0 bridgehead atoms. The second kappa shape index (κ2) is 3.43. The number of hydrogen-bond acceptors (Lipinski definition) is 2. The summed E-state index contributed by atoms with van der Waals surface area (Å²) in [6.07, 6.45) is 4.78. The van der Waals surface area contributed by atoms with Gasteiger partial charge in [-0.2, -0.15) is 0 Å². The van der Waals surface area contributed by atoms with Crippen molar-refractivity contribution >= 4 is 6.09 Å². The Balaban J connectivity index is 2.29. The third-order valence-electron chi connectivity index (χ3n) is 2.20. The summed E-state index contributed by atoms with van der Waals surface area (Å²) in [6, 6.07) is 11.8. The minimum absolute atomic E-state index is 0.145. The minimum atomic E-state index is -0.443. The Hall–Kier alpha value is -1.95. The van der Waals surface area contributed by atoms with Crippen molar-refractivity contribution in [1.29, 1.82) is 0 Å². The van der Waals surface area contributed by atoms with Crippen LogP contribution in [0.15, 0.2) is 30.3 Å². The Morgan fingerprint density at radius 3 is 2.79 bits per heavy atom. The molecule has 1 aliphatic rings. The molecule has 1 atom stereocenters. The summed E-state index contributed by atoms with van der Waals surface area (Å²) in [7, 11) is 0. The molecule has 0 spiro atoms. The van der Waals surface area contributed by atoms with Gasteiger partial charge in [-0.25, -0.2) is 9.69 Å². The van der Waals surface area contributed by atoms with Gasteiger partial charge in [0.15, 0.2) is 0 Å². The second-order valence-corrected chi connectivity index (χ2v) is 3.00. The predicted octanol–water partition coefficient (Wildman–Crippen LogP) is 1.77. The van der Waals surface area contributed by atoms with E-state index in [0.29, 0.717) is 6.61 Å². The number of rotatable bonds is 1. The number of benzene rings is 1. The van der Waals surface area contributed by atoms with Gasteiger partial charge in [0.1, 0.15) is 12.6 Å². The van der Waals surface area contributed by atoms with Crippen molar-refractivity contribution in [2.75, 3.05) is 6.61 Å². The summed E-state index contributed by atoms with van der Waals surface area (Å²) in [6.45, 7) is 0.326. The van der Waals surface area contributed by atoms with Crippen LogP contribution in [0.25, 0.3) is 0 Å². The highest BCUT2D eigenvalue weighted by atomic mass is 16.6. The predicted molar refractivity (Wildman–Crippen MR) is 51.2 cm³/mol. The minimum Gasteiger partial charge on any atom is -0.446 e. The Morgan fingerprint density at radius 1 is 1.43 bits per heavy atom. The van der Waals surface area contributed by atoms with E-state index in [1.54, 1.807) is 0 Å². The first-order valence-corrected chi connectivity index (χ1v) is 4.30. The van der Waals surface area contributed by atoms with Crippen LogP contribution in [0.1, 0.15) is 11.6 Å². The Bertz CT molecular complexity index is 380. The summed E-state index contributed by atoms with van der Waals surface area (Å²) < 4.78 is 4.87. The van der Waals surface area contributed by atoms with E-state index in [-0.39, 0.29) is 6.04 Å². The number of carbonyl (C=O) groups excluding carboxylic acids is 1. The molecule has 1 fully saturated rings. The molecule has 1 amide bonds. The fourth-order valence-corrected chi connectivity index (χ4v) is 1.48. The van der Waals surface area contributed by atoms with Crippen LogP contribution >= 0.6 is 0 Å². The van der Waals surface area contributed by atoms with Crippen LogP contribution in [0, 0.1) is 12.5 Å². The van der Waals surface area contributed by atoms with E-state index in [4.69, 9.17) is 11.2 Å². The molecular formula is C11H9NO2. The molecule has 0 saturated carbocycles. The quantitative estimate of drug-likeness (QED) is 0.627. The second-order valence-electron chi connectivity index (χ2n) is 3.00. The molecule has 0 aliphatic carbocycles. The average molecular weight is 187 g/mol. The van der Waals surface area contributed by atoms with Crippen LogP contribution in [-0.4, -0.2) is 17.6 Å². The summed E-state index contributed by atoms with van der Waals surface area (Å²) in [4.78, 5) is 12.4. The lowest BCUT2D eigenvalue weighted by Gasteiger charge is -2.14. The first-order chi connectivity index (χ1) is 6.83. The lowest BCUT2D eigenvalue weighted by Crippen LogP contribution is -2.21. The summed E-state index contributed by atoms with van der Waals surface area (Å²) in [5.41, 5.74) is 0.997. The van der Waals surface area contributed by atoms with Gasteiger partial charge in [0, 0.05) is 6.04 Å². The third-order valence-corrected chi connectivity index (χ3v) is 2.20. The maximum Gasteiger partial charge on any atom is 0.422 e. The zero-order chi connectivity index (χ0) is 9.97. The lowest BCUT2D eigenvalue weighted by atomic mass is 10.1. The van der Waals surface area contributed by atoms with E-state index >= 15 is 0 Å². The van der Waals surface area contributed by atoms with Gasteiger partial charge in [-0.15, -0.1) is 0 Å². The SMILES string of the molecule is C#CN1C(=O)OC[C@H]1c1ccccc1. The van der Waals surface area contributed by atoms with Gasteiger partial charge < -0.3 is 4.74 Å². The van der Waals surface area contributed by atoms with Crippen molar-refractivity contribution in [3.8, 4) is 12.5 Å². The monoisotopic (exact) mass is 187 g/mol. The molecule has 1 saturated heterocycles. The molecule has 70 valence electrons. The molecule has 2 rings (SSSR count). The zero-order valence-corrected chi connectivity index (χ0v) is 7.51. The largest absolute Gasteiger partial charge is 0.446 e. The van der Waals surface area contributed by atoms with Crippen LogP contribution in [0.3, 0.4) is 0 Å². The molecule has 1 heterocycles. The van der Waals surface area contributed by atoms with E-state index in [0.717, 1.165) is 5.56 Å². The molecule has 3 nitrogen and oxygen atoms in total. The highest BCUT2D eigenvalue weighted by molar-refractivity contribution is 5.72. The van der Waals surface area contributed by atoms with Crippen molar-refractivity contribution in [3.63, 3.8) is 0 Å². The molecule has 0 aromatic heterocycles. The average Bonchev–Trinajstić information content (AvgIpc) is 2.61. The number of carbonyl (C=O) groups is 1. The molecular weight excluding hydrogens is 178 g/mol. The molecule has 1 aromatic carbocycles. The van der Waals surface area contributed by atoms with E-state index < -0.39 is 6.09 Å². The fourth-order valence-electron chi connectivity index (χ4n) is 1.48. The van der Waals surface area contributed by atoms with Gasteiger partial charge in [-0.05, 0) is 5.56 Å². The van der Waals surface area contributed by atoms with Crippen molar-refractivity contribution in [3.05, 3.63) is 35.9 Å². The molecule has 0 N–H and O–H groups in total. The fraction of sp³-hybridized carbons (Fsp3) is 0.182.